The van der Waals surface area contributed by atoms with Crippen molar-refractivity contribution in [2.75, 3.05) is 19.6 Å². The van der Waals surface area contributed by atoms with Crippen molar-refractivity contribution in [1.29, 1.82) is 0 Å². The molecule has 2 N–H and O–H groups in total. The van der Waals surface area contributed by atoms with Gasteiger partial charge in [-0.25, -0.2) is 0 Å². The molecule has 104 valence electrons. The summed E-state index contributed by atoms with van der Waals surface area (Å²) in [5, 5.41) is 12.2. The fourth-order valence-electron chi connectivity index (χ4n) is 3.41. The molecule has 4 heteroatoms. The van der Waals surface area contributed by atoms with E-state index >= 15 is 0 Å². The molecular formula is C14H26N2O2. The summed E-state index contributed by atoms with van der Waals surface area (Å²) in [5.74, 6) is -0.238. The second-order valence-electron chi connectivity index (χ2n) is 5.87. The van der Waals surface area contributed by atoms with Crippen LogP contribution in [-0.4, -0.2) is 47.2 Å². The third kappa shape index (κ3) is 3.04. The number of rotatable bonds is 4. The number of carbonyl (C=O) groups is 1. The summed E-state index contributed by atoms with van der Waals surface area (Å²) in [6.07, 6.45) is 7.91. The molecule has 2 aliphatic rings. The van der Waals surface area contributed by atoms with Gasteiger partial charge in [-0.1, -0.05) is 19.3 Å². The van der Waals surface area contributed by atoms with E-state index in [9.17, 15) is 9.90 Å². The maximum atomic E-state index is 11.5. The molecule has 1 saturated carbocycles. The van der Waals surface area contributed by atoms with Gasteiger partial charge in [-0.15, -0.1) is 0 Å². The maximum Gasteiger partial charge on any atom is 0.248 e. The summed E-state index contributed by atoms with van der Waals surface area (Å²) < 4.78 is 0. The minimum Gasteiger partial charge on any atom is -0.384 e. The van der Waals surface area contributed by atoms with Crippen LogP contribution >= 0.6 is 0 Å². The van der Waals surface area contributed by atoms with Gasteiger partial charge in [-0.3, -0.25) is 9.69 Å². The number of hydrogen-bond donors (Lipinski definition) is 2. The molecule has 18 heavy (non-hydrogen) atoms. The van der Waals surface area contributed by atoms with E-state index in [1.165, 1.54) is 65.0 Å². The van der Waals surface area contributed by atoms with Crippen molar-refractivity contribution < 1.29 is 9.90 Å². The van der Waals surface area contributed by atoms with Crippen LogP contribution < -0.4 is 5.32 Å². The molecule has 0 bridgehead atoms. The molecule has 1 atom stereocenters. The molecule has 2 rings (SSSR count). The van der Waals surface area contributed by atoms with Crippen LogP contribution in [0.1, 0.15) is 51.9 Å². The van der Waals surface area contributed by atoms with Crippen molar-refractivity contribution in [3.8, 4) is 0 Å². The molecule has 1 saturated heterocycles. The Hall–Kier alpha value is -0.610. The Morgan fingerprint density at radius 3 is 2.39 bits per heavy atom. The zero-order chi connectivity index (χ0) is 13.0. The predicted molar refractivity (Wildman–Crippen MR) is 71.3 cm³/mol. The van der Waals surface area contributed by atoms with Crippen LogP contribution in [0.4, 0.5) is 0 Å². The molecule has 0 aromatic rings. The van der Waals surface area contributed by atoms with Crippen molar-refractivity contribution >= 4 is 5.91 Å². The molecule has 1 heterocycles. The molecular weight excluding hydrogens is 228 g/mol. The quantitative estimate of drug-likeness (QED) is 0.794. The van der Waals surface area contributed by atoms with Crippen molar-refractivity contribution in [2.45, 2.75) is 63.5 Å². The number of nitrogens with zero attached hydrogens (tertiary/aromatic N) is 1. The number of aliphatic hydroxyl groups excluding tert-OH is 1. The average molecular weight is 254 g/mol. The monoisotopic (exact) mass is 254 g/mol. The van der Waals surface area contributed by atoms with Crippen LogP contribution in [0.3, 0.4) is 0 Å². The molecule has 0 aromatic heterocycles. The molecule has 0 spiro atoms. The molecule has 0 radical (unpaired) electrons. The lowest BCUT2D eigenvalue weighted by atomic mass is 9.92. The minimum absolute atomic E-state index is 0.172. The normalized spacial score (nSPS) is 25.9. The van der Waals surface area contributed by atoms with Gasteiger partial charge in [0.25, 0.3) is 0 Å². The van der Waals surface area contributed by atoms with Crippen LogP contribution in [-0.2, 0) is 4.79 Å². The smallest absolute Gasteiger partial charge is 0.248 e. The first-order valence-electron chi connectivity index (χ1n) is 7.35. The lowest BCUT2D eigenvalue weighted by Crippen LogP contribution is -2.56. The second kappa shape index (κ2) is 6.02. The number of amides is 1. The third-order valence-electron chi connectivity index (χ3n) is 4.53. The highest BCUT2D eigenvalue weighted by atomic mass is 16.3. The van der Waals surface area contributed by atoms with Gasteiger partial charge in [0.15, 0.2) is 0 Å². The van der Waals surface area contributed by atoms with Gasteiger partial charge in [0.05, 0.1) is 0 Å². The van der Waals surface area contributed by atoms with Gasteiger partial charge in [0.1, 0.15) is 6.10 Å². The Labute approximate surface area is 110 Å². The Bertz CT molecular complexity index is 280. The lowest BCUT2D eigenvalue weighted by molar-refractivity contribution is -0.129. The standard InChI is InChI=1S/C14H26N2O2/c1-12(17)13(18)15-11-14(7-3-4-8-14)16-9-5-2-6-10-16/h12,17H,2-11H2,1H3,(H,15,18)/t12-/m1/s1. The number of piperidine rings is 1. The van der Waals surface area contributed by atoms with E-state index < -0.39 is 6.10 Å². The van der Waals surface area contributed by atoms with E-state index in [2.05, 4.69) is 10.2 Å². The Morgan fingerprint density at radius 2 is 1.83 bits per heavy atom. The van der Waals surface area contributed by atoms with Gasteiger partial charge < -0.3 is 10.4 Å². The fourth-order valence-corrected chi connectivity index (χ4v) is 3.41. The SMILES string of the molecule is C[C@@H](O)C(=O)NCC1(N2CCCCC2)CCCC1. The summed E-state index contributed by atoms with van der Waals surface area (Å²) in [5.41, 5.74) is 0.172. The highest BCUT2D eigenvalue weighted by Crippen LogP contribution is 2.36. The highest BCUT2D eigenvalue weighted by Gasteiger charge is 2.40. The largest absolute Gasteiger partial charge is 0.384 e. The van der Waals surface area contributed by atoms with Crippen LogP contribution in [0.5, 0.6) is 0 Å². The van der Waals surface area contributed by atoms with E-state index in [0.717, 1.165) is 0 Å². The van der Waals surface area contributed by atoms with Gasteiger partial charge in [-0.2, -0.15) is 0 Å². The van der Waals surface area contributed by atoms with E-state index in [0.29, 0.717) is 6.54 Å². The van der Waals surface area contributed by atoms with E-state index in [-0.39, 0.29) is 11.4 Å². The first-order chi connectivity index (χ1) is 8.64. The summed E-state index contributed by atoms with van der Waals surface area (Å²) in [6, 6.07) is 0. The summed E-state index contributed by atoms with van der Waals surface area (Å²) in [6.45, 7) is 4.57. The van der Waals surface area contributed by atoms with Crippen LogP contribution in [0, 0.1) is 0 Å². The van der Waals surface area contributed by atoms with Crippen LogP contribution in [0.25, 0.3) is 0 Å². The molecule has 1 amide bonds. The van der Waals surface area contributed by atoms with Gasteiger partial charge in [0, 0.05) is 12.1 Å². The van der Waals surface area contributed by atoms with E-state index in [1.54, 1.807) is 0 Å². The Kier molecular flexibility index (Phi) is 4.62. The topological polar surface area (TPSA) is 52.6 Å². The Morgan fingerprint density at radius 1 is 1.22 bits per heavy atom. The number of carbonyl (C=O) groups excluding carboxylic acids is 1. The maximum absolute atomic E-state index is 11.5. The van der Waals surface area contributed by atoms with E-state index in [1.807, 2.05) is 0 Å². The van der Waals surface area contributed by atoms with Gasteiger partial charge in [-0.05, 0) is 45.7 Å². The van der Waals surface area contributed by atoms with Crippen molar-refractivity contribution in [2.24, 2.45) is 0 Å². The molecule has 0 unspecified atom stereocenters. The molecule has 2 fully saturated rings. The number of nitrogens with one attached hydrogen (secondary N) is 1. The van der Waals surface area contributed by atoms with Gasteiger partial charge >= 0.3 is 0 Å². The summed E-state index contributed by atoms with van der Waals surface area (Å²) in [7, 11) is 0. The predicted octanol–water partition coefficient (Wildman–Crippen LogP) is 1.28. The molecule has 1 aliphatic carbocycles. The summed E-state index contributed by atoms with van der Waals surface area (Å²) in [4.78, 5) is 14.1. The Balaban J connectivity index is 1.95. The molecule has 1 aliphatic heterocycles. The fraction of sp³-hybridized carbons (Fsp3) is 0.929. The van der Waals surface area contributed by atoms with E-state index in [4.69, 9.17) is 0 Å². The number of aliphatic hydroxyl groups is 1. The third-order valence-corrected chi connectivity index (χ3v) is 4.53. The summed E-state index contributed by atoms with van der Waals surface area (Å²) >= 11 is 0. The zero-order valence-corrected chi connectivity index (χ0v) is 11.5. The molecule has 4 nitrogen and oxygen atoms in total. The van der Waals surface area contributed by atoms with Crippen LogP contribution in [0.15, 0.2) is 0 Å². The average Bonchev–Trinajstić information content (AvgIpc) is 2.87. The zero-order valence-electron chi connectivity index (χ0n) is 11.5. The van der Waals surface area contributed by atoms with Crippen molar-refractivity contribution in [3.63, 3.8) is 0 Å². The molecule has 0 aromatic carbocycles. The van der Waals surface area contributed by atoms with Crippen LogP contribution in [0.2, 0.25) is 0 Å². The first-order valence-corrected chi connectivity index (χ1v) is 7.35. The number of likely N-dealkylation sites (tertiary alicyclic amines) is 1. The highest BCUT2D eigenvalue weighted by molar-refractivity contribution is 5.80. The first kappa shape index (κ1) is 13.8. The second-order valence-corrected chi connectivity index (χ2v) is 5.87. The lowest BCUT2D eigenvalue weighted by Gasteiger charge is -2.43. The van der Waals surface area contributed by atoms with Gasteiger partial charge in [0.2, 0.25) is 5.91 Å². The van der Waals surface area contributed by atoms with Crippen molar-refractivity contribution in [1.82, 2.24) is 10.2 Å². The minimum atomic E-state index is -0.898. The van der Waals surface area contributed by atoms with Crippen molar-refractivity contribution in [3.05, 3.63) is 0 Å². The number of hydrogen-bond acceptors (Lipinski definition) is 3.